The predicted molar refractivity (Wildman–Crippen MR) is 141 cm³/mol. The van der Waals surface area contributed by atoms with Gasteiger partial charge in [-0.15, -0.1) is 0 Å². The topological polar surface area (TPSA) is 150 Å². The van der Waals surface area contributed by atoms with E-state index in [9.17, 15) is 23.5 Å². The van der Waals surface area contributed by atoms with Crippen LogP contribution in [-0.2, 0) is 21.5 Å². The van der Waals surface area contributed by atoms with Crippen molar-refractivity contribution in [3.63, 3.8) is 0 Å². The molecule has 1 saturated heterocycles. The Morgan fingerprint density at radius 2 is 1.94 bits per heavy atom. The molecule has 1 unspecified atom stereocenters. The van der Waals surface area contributed by atoms with Crippen LogP contribution in [0.2, 0.25) is 0 Å². The van der Waals surface area contributed by atoms with Crippen molar-refractivity contribution in [3.8, 4) is 0 Å². The Labute approximate surface area is 213 Å². The zero-order valence-corrected chi connectivity index (χ0v) is 22.2. The van der Waals surface area contributed by atoms with Crippen molar-refractivity contribution in [1.82, 2.24) is 9.97 Å². The van der Waals surface area contributed by atoms with Gasteiger partial charge in [0.25, 0.3) is 17.2 Å². The summed E-state index contributed by atoms with van der Waals surface area (Å²) in [6, 6.07) is 5.97. The van der Waals surface area contributed by atoms with Gasteiger partial charge < -0.3 is 15.7 Å². The number of aliphatic carboxylic acids is 1. The van der Waals surface area contributed by atoms with Crippen LogP contribution in [0.15, 0.2) is 30.3 Å². The van der Waals surface area contributed by atoms with Crippen LogP contribution >= 0.6 is 0 Å². The number of nitrogen functional groups attached to an aromatic ring is 1. The number of carbonyl (C=O) groups is 2. The largest absolute Gasteiger partial charge is 0.478 e. The second kappa shape index (κ2) is 9.98. The van der Waals surface area contributed by atoms with E-state index in [2.05, 4.69) is 25.8 Å². The highest BCUT2D eigenvalue weighted by Crippen LogP contribution is 2.40. The van der Waals surface area contributed by atoms with Gasteiger partial charge in [0, 0.05) is 23.6 Å². The summed E-state index contributed by atoms with van der Waals surface area (Å²) in [5.41, 5.74) is 6.01. The molecule has 1 aliphatic heterocycles. The lowest BCUT2D eigenvalue weighted by atomic mass is 9.87. The minimum absolute atomic E-state index is 0.0573. The summed E-state index contributed by atoms with van der Waals surface area (Å²) < 4.78 is 23.1. The standard InChI is InChI=1S/C25H33N5O5S/c1-15-13-25(5,6)29(14-15)22-17(12-16(10-11-20(31)32)21(28-22)24(2,3)4)23(33)30(36(34)35)19-9-7-8-18(26)27-19/h7-12,15H,13-14H2,1-6H3,(H2,26,27)(H,31,32)(H,34,35)/t15-/m0/s1. The molecule has 10 nitrogen and oxygen atoms in total. The molecule has 0 aliphatic carbocycles. The van der Waals surface area contributed by atoms with Gasteiger partial charge in [-0.25, -0.2) is 19.0 Å². The van der Waals surface area contributed by atoms with Gasteiger partial charge in [-0.3, -0.25) is 9.35 Å². The van der Waals surface area contributed by atoms with Gasteiger partial charge >= 0.3 is 5.97 Å². The zero-order chi connectivity index (χ0) is 27.0. The Kier molecular flexibility index (Phi) is 7.56. The number of pyridine rings is 2. The lowest BCUT2D eigenvalue weighted by Crippen LogP contribution is -2.42. The van der Waals surface area contributed by atoms with Crippen LogP contribution in [0.4, 0.5) is 17.5 Å². The molecule has 4 N–H and O–H groups in total. The molecule has 2 atom stereocenters. The molecule has 194 valence electrons. The number of aromatic nitrogens is 2. The molecule has 2 aromatic rings. The fourth-order valence-corrected chi connectivity index (χ4v) is 5.15. The summed E-state index contributed by atoms with van der Waals surface area (Å²) in [6.07, 6.45) is 3.22. The maximum absolute atomic E-state index is 13.9. The lowest BCUT2D eigenvalue weighted by molar-refractivity contribution is -0.131. The second-order valence-corrected chi connectivity index (χ2v) is 11.5. The maximum Gasteiger partial charge on any atom is 0.328 e. The van der Waals surface area contributed by atoms with Crippen LogP contribution < -0.4 is 14.9 Å². The number of carboxylic acids is 1. The first-order chi connectivity index (χ1) is 16.6. The van der Waals surface area contributed by atoms with Crippen molar-refractivity contribution in [3.05, 3.63) is 47.2 Å². The summed E-state index contributed by atoms with van der Waals surface area (Å²) >= 11 is -2.76. The average Bonchev–Trinajstić information content (AvgIpc) is 3.02. The quantitative estimate of drug-likeness (QED) is 0.385. The Balaban J connectivity index is 2.33. The molecule has 0 spiro atoms. The van der Waals surface area contributed by atoms with Gasteiger partial charge in [0.15, 0.2) is 5.82 Å². The number of rotatable bonds is 6. The second-order valence-electron chi connectivity index (χ2n) is 10.7. The van der Waals surface area contributed by atoms with Gasteiger partial charge in [-0.05, 0) is 56.0 Å². The molecule has 11 heteroatoms. The van der Waals surface area contributed by atoms with E-state index in [-0.39, 0.29) is 22.7 Å². The molecule has 0 saturated carbocycles. The Morgan fingerprint density at radius 1 is 1.28 bits per heavy atom. The lowest BCUT2D eigenvalue weighted by Gasteiger charge is -2.35. The van der Waals surface area contributed by atoms with E-state index >= 15 is 0 Å². The van der Waals surface area contributed by atoms with Crippen molar-refractivity contribution in [2.45, 2.75) is 58.9 Å². The van der Waals surface area contributed by atoms with Crippen molar-refractivity contribution >= 4 is 46.7 Å². The van der Waals surface area contributed by atoms with E-state index in [0.29, 0.717) is 33.8 Å². The number of hydrogen-bond donors (Lipinski definition) is 3. The number of hydrogen-bond acceptors (Lipinski definition) is 7. The van der Waals surface area contributed by atoms with Crippen LogP contribution in [0.5, 0.6) is 0 Å². The summed E-state index contributed by atoms with van der Waals surface area (Å²) in [4.78, 5) is 36.2. The molecular formula is C25H33N5O5S. The molecule has 0 radical (unpaired) electrons. The first-order valence-electron chi connectivity index (χ1n) is 11.5. The van der Waals surface area contributed by atoms with Gasteiger partial charge in [-0.2, -0.15) is 4.31 Å². The van der Waals surface area contributed by atoms with E-state index < -0.39 is 28.6 Å². The Bertz CT molecular complexity index is 1240. The zero-order valence-electron chi connectivity index (χ0n) is 21.3. The highest BCUT2D eigenvalue weighted by Gasteiger charge is 2.41. The normalized spacial score (nSPS) is 18.4. The first kappa shape index (κ1) is 27.3. The highest BCUT2D eigenvalue weighted by molar-refractivity contribution is 7.81. The van der Waals surface area contributed by atoms with Gasteiger partial charge in [-0.1, -0.05) is 33.8 Å². The molecule has 0 aromatic carbocycles. The monoisotopic (exact) mass is 515 g/mol. The molecule has 1 amide bonds. The molecule has 1 aliphatic rings. The Hall–Kier alpha value is -3.31. The SMILES string of the molecule is C[C@@H]1CN(c2nc(C(C)(C)C)c(C=CC(=O)O)cc2C(=O)N(c2cccc(N)n2)S(=O)O)C(C)(C)C1. The molecule has 3 heterocycles. The van der Waals surface area contributed by atoms with Gasteiger partial charge in [0.2, 0.25) is 0 Å². The van der Waals surface area contributed by atoms with Crippen LogP contribution in [-0.4, -0.2) is 47.8 Å². The fraction of sp³-hybridized carbons (Fsp3) is 0.440. The minimum atomic E-state index is -2.76. The van der Waals surface area contributed by atoms with Crippen LogP contribution in [0.25, 0.3) is 6.08 Å². The average molecular weight is 516 g/mol. The van der Waals surface area contributed by atoms with Crippen molar-refractivity contribution in [2.24, 2.45) is 5.92 Å². The van der Waals surface area contributed by atoms with E-state index in [1.54, 1.807) is 0 Å². The maximum atomic E-state index is 13.9. The Morgan fingerprint density at radius 3 is 2.44 bits per heavy atom. The van der Waals surface area contributed by atoms with E-state index in [1.165, 1.54) is 30.3 Å². The number of nitrogens with two attached hydrogens (primary N) is 1. The summed E-state index contributed by atoms with van der Waals surface area (Å²) in [7, 11) is 0. The van der Waals surface area contributed by atoms with Crippen LogP contribution in [0.1, 0.15) is 69.6 Å². The van der Waals surface area contributed by atoms with E-state index in [0.717, 1.165) is 12.5 Å². The van der Waals surface area contributed by atoms with E-state index in [1.807, 2.05) is 25.7 Å². The molecule has 3 rings (SSSR count). The minimum Gasteiger partial charge on any atom is -0.478 e. The predicted octanol–water partition coefficient (Wildman–Crippen LogP) is 3.86. The third kappa shape index (κ3) is 5.73. The highest BCUT2D eigenvalue weighted by atomic mass is 32.2. The van der Waals surface area contributed by atoms with Crippen molar-refractivity contribution < 1.29 is 23.5 Å². The molecule has 36 heavy (non-hydrogen) atoms. The third-order valence-corrected chi connectivity index (χ3v) is 6.68. The summed E-state index contributed by atoms with van der Waals surface area (Å²) in [6.45, 7) is 12.7. The smallest absolute Gasteiger partial charge is 0.328 e. The van der Waals surface area contributed by atoms with Crippen LogP contribution in [0, 0.1) is 5.92 Å². The fourth-order valence-electron chi connectivity index (χ4n) is 4.65. The first-order valence-corrected chi connectivity index (χ1v) is 12.6. The summed E-state index contributed by atoms with van der Waals surface area (Å²) in [5, 5.41) is 9.22. The van der Waals surface area contributed by atoms with Crippen molar-refractivity contribution in [1.29, 1.82) is 0 Å². The molecule has 2 aromatic heterocycles. The molecule has 0 bridgehead atoms. The van der Waals surface area contributed by atoms with E-state index in [4.69, 9.17) is 10.7 Å². The molecule has 1 fully saturated rings. The van der Waals surface area contributed by atoms with Gasteiger partial charge in [0.1, 0.15) is 11.6 Å². The number of nitrogens with zero attached hydrogens (tertiary/aromatic N) is 4. The van der Waals surface area contributed by atoms with Crippen molar-refractivity contribution in [2.75, 3.05) is 21.5 Å². The van der Waals surface area contributed by atoms with Gasteiger partial charge in [0.05, 0.1) is 11.3 Å². The number of anilines is 3. The van der Waals surface area contributed by atoms with Crippen LogP contribution in [0.3, 0.4) is 0 Å². The third-order valence-electron chi connectivity index (χ3n) is 6.01. The number of carbonyl (C=O) groups excluding carboxylic acids is 1. The number of amides is 1. The molecular weight excluding hydrogens is 482 g/mol. The number of carboxylic acid groups (broad SMARTS) is 1. The summed E-state index contributed by atoms with van der Waals surface area (Å²) in [5.74, 6) is -1.28.